The number of nitrogens with zero attached hydrogens (tertiary/aromatic N) is 2. The van der Waals surface area contributed by atoms with E-state index in [1.54, 1.807) is 6.92 Å². The lowest BCUT2D eigenvalue weighted by Crippen LogP contribution is -2.02. The fourth-order valence-electron chi connectivity index (χ4n) is 1.37. The van der Waals surface area contributed by atoms with Crippen molar-refractivity contribution in [3.63, 3.8) is 0 Å². The molecule has 0 amide bonds. The summed E-state index contributed by atoms with van der Waals surface area (Å²) < 4.78 is 5.94. The van der Waals surface area contributed by atoms with Crippen molar-refractivity contribution < 1.29 is 4.52 Å². The summed E-state index contributed by atoms with van der Waals surface area (Å²) in [5.74, 6) is 1.25. The van der Waals surface area contributed by atoms with E-state index in [-0.39, 0.29) is 0 Å². The quantitative estimate of drug-likeness (QED) is 0.940. The number of nitrogens with one attached hydrogen (secondary N) is 1. The van der Waals surface area contributed by atoms with Crippen LogP contribution in [0.1, 0.15) is 17.3 Å². The molecular weight excluding hydrogens is 270 g/mol. The minimum atomic E-state index is 0.564. The number of rotatable bonds is 3. The van der Waals surface area contributed by atoms with Crippen LogP contribution in [0.3, 0.4) is 0 Å². The summed E-state index contributed by atoms with van der Waals surface area (Å²) in [6.07, 6.45) is 0. The molecule has 0 fully saturated rings. The summed E-state index contributed by atoms with van der Waals surface area (Å²) in [7, 11) is 0. The first kappa shape index (κ1) is 11.1. The van der Waals surface area contributed by atoms with Gasteiger partial charge in [0.1, 0.15) is 0 Å². The van der Waals surface area contributed by atoms with E-state index in [9.17, 15) is 0 Å². The first-order valence-corrected chi connectivity index (χ1v) is 5.73. The highest BCUT2D eigenvalue weighted by Crippen LogP contribution is 2.20. The van der Waals surface area contributed by atoms with Crippen molar-refractivity contribution in [3.8, 4) is 0 Å². The zero-order chi connectivity index (χ0) is 11.5. The van der Waals surface area contributed by atoms with Crippen LogP contribution in [0.5, 0.6) is 0 Å². The largest absolute Gasteiger partial charge is 0.377 e. The van der Waals surface area contributed by atoms with Crippen molar-refractivity contribution in [2.45, 2.75) is 20.4 Å². The Morgan fingerprint density at radius 2 is 2.19 bits per heavy atom. The van der Waals surface area contributed by atoms with Crippen LogP contribution in [-0.2, 0) is 6.54 Å². The van der Waals surface area contributed by atoms with Gasteiger partial charge in [-0.05, 0) is 24.6 Å². The molecule has 2 rings (SSSR count). The van der Waals surface area contributed by atoms with Gasteiger partial charge < -0.3 is 9.84 Å². The predicted molar refractivity (Wildman–Crippen MR) is 65.2 cm³/mol. The Kier molecular flexibility index (Phi) is 3.24. The van der Waals surface area contributed by atoms with Crippen molar-refractivity contribution in [1.29, 1.82) is 0 Å². The van der Waals surface area contributed by atoms with E-state index in [1.807, 2.05) is 18.2 Å². The molecule has 0 aliphatic heterocycles. The van der Waals surface area contributed by atoms with Crippen LogP contribution in [0.15, 0.2) is 27.2 Å². The van der Waals surface area contributed by atoms with Crippen LogP contribution < -0.4 is 5.32 Å². The average molecular weight is 282 g/mol. The van der Waals surface area contributed by atoms with Gasteiger partial charge in [0.05, 0.1) is 6.54 Å². The molecule has 1 aromatic carbocycles. The normalized spacial score (nSPS) is 10.4. The third-order valence-corrected chi connectivity index (χ3v) is 2.70. The molecule has 0 atom stereocenters. The van der Waals surface area contributed by atoms with E-state index in [4.69, 9.17) is 4.52 Å². The standard InChI is InChI=1S/C11H12BrN3O/c1-7-3-4-9(12)5-10(7)13-6-11-14-8(2)16-15-11/h3-5,13H,6H2,1-2H3. The highest BCUT2D eigenvalue weighted by atomic mass is 79.9. The maximum absolute atomic E-state index is 4.90. The Labute approximate surface area is 102 Å². The van der Waals surface area contributed by atoms with Crippen LogP contribution in [0.25, 0.3) is 0 Å². The first-order chi connectivity index (χ1) is 7.65. The molecule has 1 aromatic heterocycles. The highest BCUT2D eigenvalue weighted by molar-refractivity contribution is 9.10. The van der Waals surface area contributed by atoms with Crippen molar-refractivity contribution >= 4 is 21.6 Å². The number of anilines is 1. The molecule has 0 unspecified atom stereocenters. The summed E-state index contributed by atoms with van der Waals surface area (Å²) in [4.78, 5) is 4.13. The van der Waals surface area contributed by atoms with E-state index in [0.29, 0.717) is 18.3 Å². The Morgan fingerprint density at radius 3 is 2.88 bits per heavy atom. The monoisotopic (exact) mass is 281 g/mol. The van der Waals surface area contributed by atoms with Crippen molar-refractivity contribution in [2.24, 2.45) is 0 Å². The minimum Gasteiger partial charge on any atom is -0.377 e. The predicted octanol–water partition coefficient (Wildman–Crippen LogP) is 3.06. The molecule has 0 radical (unpaired) electrons. The van der Waals surface area contributed by atoms with Crippen LogP contribution in [0, 0.1) is 13.8 Å². The average Bonchev–Trinajstić information content (AvgIpc) is 2.66. The molecule has 1 N–H and O–H groups in total. The topological polar surface area (TPSA) is 51.0 Å². The number of hydrogen-bond acceptors (Lipinski definition) is 4. The molecule has 0 spiro atoms. The first-order valence-electron chi connectivity index (χ1n) is 4.94. The van der Waals surface area contributed by atoms with Gasteiger partial charge >= 0.3 is 0 Å². The molecule has 0 bridgehead atoms. The Morgan fingerprint density at radius 1 is 1.38 bits per heavy atom. The number of aryl methyl sites for hydroxylation is 2. The summed E-state index contributed by atoms with van der Waals surface area (Å²) in [6.45, 7) is 4.39. The smallest absolute Gasteiger partial charge is 0.223 e. The number of halogens is 1. The molecule has 4 nitrogen and oxygen atoms in total. The Balaban J connectivity index is 2.07. The van der Waals surface area contributed by atoms with Crippen LogP contribution in [0.4, 0.5) is 5.69 Å². The minimum absolute atomic E-state index is 0.564. The SMILES string of the molecule is Cc1nc(CNc2cc(Br)ccc2C)no1. The maximum Gasteiger partial charge on any atom is 0.223 e. The zero-order valence-electron chi connectivity index (χ0n) is 9.12. The third kappa shape index (κ3) is 2.61. The summed E-state index contributed by atoms with van der Waals surface area (Å²) in [6, 6.07) is 6.09. The van der Waals surface area contributed by atoms with Crippen molar-refractivity contribution in [3.05, 3.63) is 40.0 Å². The van der Waals surface area contributed by atoms with Crippen LogP contribution in [-0.4, -0.2) is 10.1 Å². The summed E-state index contributed by atoms with van der Waals surface area (Å²) >= 11 is 3.44. The second-order valence-corrected chi connectivity index (χ2v) is 4.46. The van der Waals surface area contributed by atoms with Gasteiger partial charge in [0.15, 0.2) is 5.82 Å². The molecule has 0 aliphatic rings. The molecule has 0 saturated heterocycles. The molecule has 0 aliphatic carbocycles. The van der Waals surface area contributed by atoms with Gasteiger partial charge in [0.2, 0.25) is 5.89 Å². The number of hydrogen-bond donors (Lipinski definition) is 1. The Bertz CT molecular complexity index is 496. The van der Waals surface area contributed by atoms with E-state index in [1.165, 1.54) is 5.56 Å². The number of aromatic nitrogens is 2. The zero-order valence-corrected chi connectivity index (χ0v) is 10.7. The van der Waals surface area contributed by atoms with Crippen molar-refractivity contribution in [1.82, 2.24) is 10.1 Å². The molecule has 2 aromatic rings. The van der Waals surface area contributed by atoms with Crippen molar-refractivity contribution in [2.75, 3.05) is 5.32 Å². The van der Waals surface area contributed by atoms with E-state index in [2.05, 4.69) is 38.3 Å². The molecule has 5 heteroatoms. The van der Waals surface area contributed by atoms with E-state index < -0.39 is 0 Å². The molecule has 84 valence electrons. The van der Waals surface area contributed by atoms with Crippen LogP contribution >= 0.6 is 15.9 Å². The van der Waals surface area contributed by atoms with Gasteiger partial charge in [-0.2, -0.15) is 4.98 Å². The van der Waals surface area contributed by atoms with Crippen LogP contribution in [0.2, 0.25) is 0 Å². The fraction of sp³-hybridized carbons (Fsp3) is 0.273. The maximum atomic E-state index is 4.90. The lowest BCUT2D eigenvalue weighted by Gasteiger charge is -2.07. The molecule has 1 heterocycles. The van der Waals surface area contributed by atoms with Gasteiger partial charge in [0, 0.05) is 17.1 Å². The lowest BCUT2D eigenvalue weighted by atomic mass is 10.2. The van der Waals surface area contributed by atoms with Gasteiger partial charge in [-0.25, -0.2) is 0 Å². The second kappa shape index (κ2) is 4.65. The lowest BCUT2D eigenvalue weighted by molar-refractivity contribution is 0.388. The molecule has 0 saturated carbocycles. The second-order valence-electron chi connectivity index (χ2n) is 3.54. The molecule has 16 heavy (non-hydrogen) atoms. The highest BCUT2D eigenvalue weighted by Gasteiger charge is 2.03. The molecular formula is C11H12BrN3O. The summed E-state index contributed by atoms with van der Waals surface area (Å²) in [5.41, 5.74) is 2.25. The van der Waals surface area contributed by atoms with E-state index in [0.717, 1.165) is 10.2 Å². The van der Waals surface area contributed by atoms with Gasteiger partial charge in [-0.1, -0.05) is 27.2 Å². The third-order valence-electron chi connectivity index (χ3n) is 2.21. The number of benzene rings is 1. The van der Waals surface area contributed by atoms with Gasteiger partial charge in [0.25, 0.3) is 0 Å². The van der Waals surface area contributed by atoms with Gasteiger partial charge in [-0.15, -0.1) is 0 Å². The Hall–Kier alpha value is -1.36. The summed E-state index contributed by atoms with van der Waals surface area (Å²) in [5, 5.41) is 7.09. The van der Waals surface area contributed by atoms with Gasteiger partial charge in [-0.3, -0.25) is 0 Å². The van der Waals surface area contributed by atoms with E-state index >= 15 is 0 Å². The fourth-order valence-corrected chi connectivity index (χ4v) is 1.73.